The van der Waals surface area contributed by atoms with Crippen LogP contribution in [0.3, 0.4) is 0 Å². The SMILES string of the molecule is Cc1cccc(OCCN(C)C(=O)c2ccc(S(C)=O)cc2)c1. The van der Waals surface area contributed by atoms with Crippen molar-refractivity contribution in [3.8, 4) is 5.75 Å². The second-order valence-electron chi connectivity index (χ2n) is 5.37. The quantitative estimate of drug-likeness (QED) is 0.818. The second kappa shape index (κ2) is 7.92. The third-order valence-corrected chi connectivity index (χ3v) is 4.40. The van der Waals surface area contributed by atoms with Crippen molar-refractivity contribution in [2.75, 3.05) is 26.5 Å². The van der Waals surface area contributed by atoms with Crippen molar-refractivity contribution in [3.63, 3.8) is 0 Å². The van der Waals surface area contributed by atoms with Gasteiger partial charge in [-0.25, -0.2) is 0 Å². The van der Waals surface area contributed by atoms with Crippen molar-refractivity contribution in [1.29, 1.82) is 0 Å². The van der Waals surface area contributed by atoms with Crippen LogP contribution in [0.15, 0.2) is 53.4 Å². The molecule has 0 radical (unpaired) electrons. The van der Waals surface area contributed by atoms with Crippen molar-refractivity contribution in [3.05, 3.63) is 59.7 Å². The Bertz CT molecular complexity index is 698. The molecule has 4 nitrogen and oxygen atoms in total. The van der Waals surface area contributed by atoms with Crippen LogP contribution in [0.1, 0.15) is 15.9 Å². The summed E-state index contributed by atoms with van der Waals surface area (Å²) < 4.78 is 17.0. The molecule has 0 aliphatic heterocycles. The van der Waals surface area contributed by atoms with E-state index in [0.29, 0.717) is 23.6 Å². The molecule has 0 aliphatic carbocycles. The zero-order chi connectivity index (χ0) is 16.8. The van der Waals surface area contributed by atoms with E-state index in [2.05, 4.69) is 0 Å². The number of likely N-dealkylation sites (N-methyl/N-ethyl adjacent to an activating group) is 1. The molecule has 1 amide bonds. The topological polar surface area (TPSA) is 46.6 Å². The summed E-state index contributed by atoms with van der Waals surface area (Å²) in [7, 11) is 0.710. The van der Waals surface area contributed by atoms with Gasteiger partial charge >= 0.3 is 0 Å². The van der Waals surface area contributed by atoms with E-state index in [-0.39, 0.29) is 5.91 Å². The fourth-order valence-electron chi connectivity index (χ4n) is 2.12. The van der Waals surface area contributed by atoms with Crippen LogP contribution in [0.5, 0.6) is 5.75 Å². The summed E-state index contributed by atoms with van der Waals surface area (Å²) in [6.07, 6.45) is 1.62. The fourth-order valence-corrected chi connectivity index (χ4v) is 2.64. The third kappa shape index (κ3) is 4.93. The van der Waals surface area contributed by atoms with Crippen molar-refractivity contribution < 1.29 is 13.7 Å². The summed E-state index contributed by atoms with van der Waals surface area (Å²) in [4.78, 5) is 14.7. The van der Waals surface area contributed by atoms with E-state index >= 15 is 0 Å². The molecule has 0 aromatic heterocycles. The molecule has 0 bridgehead atoms. The summed E-state index contributed by atoms with van der Waals surface area (Å²) in [6, 6.07) is 14.7. The van der Waals surface area contributed by atoms with Gasteiger partial charge in [-0.3, -0.25) is 9.00 Å². The standard InChI is InChI=1S/C18H21NO3S/c1-14-5-4-6-16(13-14)22-12-11-19(2)18(20)15-7-9-17(10-8-15)23(3)21/h4-10,13H,11-12H2,1-3H3. The predicted molar refractivity (Wildman–Crippen MR) is 92.4 cm³/mol. The van der Waals surface area contributed by atoms with Gasteiger partial charge in [-0.05, 0) is 48.9 Å². The summed E-state index contributed by atoms with van der Waals surface area (Å²) in [5.74, 6) is 0.729. The van der Waals surface area contributed by atoms with Gasteiger partial charge in [0.15, 0.2) is 0 Å². The van der Waals surface area contributed by atoms with Gasteiger partial charge in [0.2, 0.25) is 0 Å². The normalized spacial score (nSPS) is 11.8. The molecule has 0 aliphatic rings. The summed E-state index contributed by atoms with van der Waals surface area (Å²) in [6.45, 7) is 2.94. The van der Waals surface area contributed by atoms with Crippen molar-refractivity contribution in [1.82, 2.24) is 4.90 Å². The molecular weight excluding hydrogens is 310 g/mol. The number of nitrogens with zero attached hydrogens (tertiary/aromatic N) is 1. The number of benzene rings is 2. The highest BCUT2D eigenvalue weighted by Crippen LogP contribution is 2.13. The number of carbonyl (C=O) groups excluding carboxylic acids is 1. The highest BCUT2D eigenvalue weighted by atomic mass is 32.2. The molecule has 2 aromatic carbocycles. The van der Waals surface area contributed by atoms with E-state index in [0.717, 1.165) is 11.3 Å². The Balaban J connectivity index is 1.88. The molecule has 0 saturated carbocycles. The van der Waals surface area contributed by atoms with Crippen molar-refractivity contribution >= 4 is 16.7 Å². The lowest BCUT2D eigenvalue weighted by Crippen LogP contribution is -2.30. The molecule has 2 rings (SSSR count). The zero-order valence-electron chi connectivity index (χ0n) is 13.6. The maximum absolute atomic E-state index is 12.3. The smallest absolute Gasteiger partial charge is 0.253 e. The predicted octanol–water partition coefficient (Wildman–Crippen LogP) is 2.88. The first-order chi connectivity index (χ1) is 11.0. The maximum Gasteiger partial charge on any atom is 0.253 e. The lowest BCUT2D eigenvalue weighted by atomic mass is 10.2. The van der Waals surface area contributed by atoms with Gasteiger partial charge in [-0.2, -0.15) is 0 Å². The minimum atomic E-state index is -1.03. The van der Waals surface area contributed by atoms with E-state index in [9.17, 15) is 9.00 Å². The van der Waals surface area contributed by atoms with Crippen LogP contribution in [-0.4, -0.2) is 41.5 Å². The summed E-state index contributed by atoms with van der Waals surface area (Å²) in [5.41, 5.74) is 1.72. The molecule has 0 N–H and O–H groups in total. The molecular formula is C18H21NO3S. The number of ether oxygens (including phenoxy) is 1. The molecule has 1 atom stereocenters. The number of aryl methyl sites for hydroxylation is 1. The van der Waals surface area contributed by atoms with Crippen LogP contribution in [0, 0.1) is 6.92 Å². The fraction of sp³-hybridized carbons (Fsp3) is 0.278. The largest absolute Gasteiger partial charge is 0.492 e. The number of carbonyl (C=O) groups is 1. The highest BCUT2D eigenvalue weighted by Gasteiger charge is 2.12. The lowest BCUT2D eigenvalue weighted by molar-refractivity contribution is 0.0773. The van der Waals surface area contributed by atoms with Crippen LogP contribution in [-0.2, 0) is 10.8 Å². The van der Waals surface area contributed by atoms with Crippen LogP contribution in [0.25, 0.3) is 0 Å². The maximum atomic E-state index is 12.3. The molecule has 2 aromatic rings. The van der Waals surface area contributed by atoms with E-state index in [1.54, 1.807) is 42.5 Å². The van der Waals surface area contributed by atoms with Crippen LogP contribution in [0.2, 0.25) is 0 Å². The summed E-state index contributed by atoms with van der Waals surface area (Å²) in [5, 5.41) is 0. The van der Waals surface area contributed by atoms with Crippen molar-refractivity contribution in [2.24, 2.45) is 0 Å². The molecule has 0 heterocycles. The van der Waals surface area contributed by atoms with Crippen LogP contribution < -0.4 is 4.74 Å². The highest BCUT2D eigenvalue weighted by molar-refractivity contribution is 7.84. The van der Waals surface area contributed by atoms with Gasteiger partial charge in [-0.1, -0.05) is 12.1 Å². The van der Waals surface area contributed by atoms with Crippen LogP contribution >= 0.6 is 0 Å². The Morgan fingerprint density at radius 3 is 2.48 bits per heavy atom. The van der Waals surface area contributed by atoms with E-state index in [1.807, 2.05) is 31.2 Å². The van der Waals surface area contributed by atoms with Gasteiger partial charge in [-0.15, -0.1) is 0 Å². The molecule has 0 spiro atoms. The van der Waals surface area contributed by atoms with E-state index < -0.39 is 10.8 Å². The Hall–Kier alpha value is -2.14. The molecule has 5 heteroatoms. The Morgan fingerprint density at radius 2 is 1.87 bits per heavy atom. The number of hydrogen-bond donors (Lipinski definition) is 0. The Labute approximate surface area is 139 Å². The molecule has 1 unspecified atom stereocenters. The van der Waals surface area contributed by atoms with E-state index in [4.69, 9.17) is 4.74 Å². The average molecular weight is 331 g/mol. The first-order valence-corrected chi connectivity index (χ1v) is 8.91. The number of hydrogen-bond acceptors (Lipinski definition) is 3. The number of amides is 1. The molecule has 23 heavy (non-hydrogen) atoms. The molecule has 0 saturated heterocycles. The van der Waals surface area contributed by atoms with Gasteiger partial charge < -0.3 is 9.64 Å². The first-order valence-electron chi connectivity index (χ1n) is 7.36. The van der Waals surface area contributed by atoms with E-state index in [1.165, 1.54) is 0 Å². The monoisotopic (exact) mass is 331 g/mol. The molecule has 0 fully saturated rings. The number of rotatable bonds is 6. The average Bonchev–Trinajstić information content (AvgIpc) is 2.54. The third-order valence-electron chi connectivity index (χ3n) is 3.46. The van der Waals surface area contributed by atoms with Crippen molar-refractivity contribution in [2.45, 2.75) is 11.8 Å². The van der Waals surface area contributed by atoms with Gasteiger partial charge in [0.25, 0.3) is 5.91 Å². The second-order valence-corrected chi connectivity index (χ2v) is 6.75. The minimum absolute atomic E-state index is 0.0775. The molecule has 122 valence electrons. The Morgan fingerprint density at radius 1 is 1.17 bits per heavy atom. The lowest BCUT2D eigenvalue weighted by Gasteiger charge is -2.17. The van der Waals surface area contributed by atoms with Gasteiger partial charge in [0, 0.05) is 34.6 Å². The van der Waals surface area contributed by atoms with Gasteiger partial charge in [0.1, 0.15) is 12.4 Å². The first kappa shape index (κ1) is 17.2. The van der Waals surface area contributed by atoms with Gasteiger partial charge in [0.05, 0.1) is 6.54 Å². The van der Waals surface area contributed by atoms with Crippen LogP contribution in [0.4, 0.5) is 0 Å². The summed E-state index contributed by atoms with van der Waals surface area (Å²) >= 11 is 0. The minimum Gasteiger partial charge on any atom is -0.492 e. The Kier molecular flexibility index (Phi) is 5.93. The zero-order valence-corrected chi connectivity index (χ0v) is 14.4.